The van der Waals surface area contributed by atoms with E-state index >= 15 is 0 Å². The van der Waals surface area contributed by atoms with Gasteiger partial charge in [-0.25, -0.2) is 0 Å². The average Bonchev–Trinajstić information content (AvgIpc) is 2.94. The van der Waals surface area contributed by atoms with Crippen LogP contribution < -0.4 is 9.47 Å². The molecule has 2 aliphatic carbocycles. The van der Waals surface area contributed by atoms with E-state index in [1.165, 1.54) is 11.1 Å². The second kappa shape index (κ2) is 13.5. The molecule has 0 bridgehead atoms. The molecule has 2 unspecified atom stereocenters. The minimum absolute atomic E-state index is 0.0316. The molecular formula is C34H42O3. The predicted octanol–water partition coefficient (Wildman–Crippen LogP) is 8.27. The van der Waals surface area contributed by atoms with Crippen LogP contribution in [-0.2, 0) is 15.6 Å². The van der Waals surface area contributed by atoms with Gasteiger partial charge in [0.1, 0.15) is 11.5 Å². The van der Waals surface area contributed by atoms with Gasteiger partial charge in [-0.2, -0.15) is 0 Å². The van der Waals surface area contributed by atoms with Crippen molar-refractivity contribution >= 4 is 0 Å². The predicted molar refractivity (Wildman–Crippen MR) is 154 cm³/mol. The van der Waals surface area contributed by atoms with Gasteiger partial charge in [0.15, 0.2) is 0 Å². The summed E-state index contributed by atoms with van der Waals surface area (Å²) in [6, 6.07) is 17.0. The summed E-state index contributed by atoms with van der Waals surface area (Å²) in [6.07, 6.45) is 24.0. The number of benzene rings is 2. The Morgan fingerprint density at radius 2 is 1.08 bits per heavy atom. The van der Waals surface area contributed by atoms with Crippen molar-refractivity contribution in [3.63, 3.8) is 0 Å². The lowest BCUT2D eigenvalue weighted by Gasteiger charge is -2.34. The standard InChI is InChI=1S/C34H42O3/c1-3-36-31-19-9-7-17-29(31)33(21-11-5-12-22-33)25-15-27-35-28-16-26-34(23-13-6-14-24-34)30-18-8-10-20-32(30)37-4-2/h5-14,17-21,23H,3-4,15-16,22,24-28H2,1-2H3. The first-order valence-electron chi connectivity index (χ1n) is 13.9. The van der Waals surface area contributed by atoms with Gasteiger partial charge in [-0.1, -0.05) is 85.0 Å². The van der Waals surface area contributed by atoms with Gasteiger partial charge in [-0.05, 0) is 64.5 Å². The van der Waals surface area contributed by atoms with Crippen molar-refractivity contribution in [1.82, 2.24) is 0 Å². The SMILES string of the molecule is CCOc1ccccc1C1(CCCOCCCC2(c3ccccc3OCC)C=CC=CC2)C=CC=CC1. The van der Waals surface area contributed by atoms with Crippen LogP contribution in [0.1, 0.15) is 63.5 Å². The summed E-state index contributed by atoms with van der Waals surface area (Å²) in [6.45, 7) is 7.00. The van der Waals surface area contributed by atoms with Crippen molar-refractivity contribution in [2.45, 2.75) is 63.2 Å². The maximum absolute atomic E-state index is 6.19. The zero-order chi connectivity index (χ0) is 25.8. The highest BCUT2D eigenvalue weighted by atomic mass is 16.5. The van der Waals surface area contributed by atoms with E-state index in [0.29, 0.717) is 13.2 Å². The van der Waals surface area contributed by atoms with E-state index in [9.17, 15) is 0 Å². The van der Waals surface area contributed by atoms with Crippen molar-refractivity contribution in [3.05, 3.63) is 108 Å². The van der Waals surface area contributed by atoms with Gasteiger partial charge in [0.05, 0.1) is 13.2 Å². The Morgan fingerprint density at radius 3 is 1.49 bits per heavy atom. The molecule has 3 nitrogen and oxygen atoms in total. The molecule has 0 spiro atoms. The summed E-state index contributed by atoms with van der Waals surface area (Å²) in [4.78, 5) is 0. The highest BCUT2D eigenvalue weighted by Crippen LogP contribution is 2.43. The van der Waals surface area contributed by atoms with Gasteiger partial charge in [0.25, 0.3) is 0 Å². The van der Waals surface area contributed by atoms with Gasteiger partial charge in [0, 0.05) is 35.2 Å². The molecule has 0 radical (unpaired) electrons. The second-order valence-electron chi connectivity index (χ2n) is 9.97. The van der Waals surface area contributed by atoms with Crippen molar-refractivity contribution in [3.8, 4) is 11.5 Å². The van der Waals surface area contributed by atoms with E-state index in [4.69, 9.17) is 14.2 Å². The van der Waals surface area contributed by atoms with E-state index in [1.54, 1.807) is 0 Å². The van der Waals surface area contributed by atoms with Crippen LogP contribution in [-0.4, -0.2) is 26.4 Å². The number of ether oxygens (including phenoxy) is 3. The van der Waals surface area contributed by atoms with Gasteiger partial charge in [0.2, 0.25) is 0 Å². The Hall–Kier alpha value is -3.04. The van der Waals surface area contributed by atoms with Crippen molar-refractivity contribution < 1.29 is 14.2 Å². The molecule has 196 valence electrons. The highest BCUT2D eigenvalue weighted by molar-refractivity contribution is 5.46. The molecule has 2 aromatic rings. The van der Waals surface area contributed by atoms with Gasteiger partial charge >= 0.3 is 0 Å². The molecule has 2 atom stereocenters. The fourth-order valence-electron chi connectivity index (χ4n) is 5.77. The summed E-state index contributed by atoms with van der Waals surface area (Å²) >= 11 is 0. The van der Waals surface area contributed by atoms with Crippen LogP contribution in [0.2, 0.25) is 0 Å². The third-order valence-corrected chi connectivity index (χ3v) is 7.56. The van der Waals surface area contributed by atoms with Gasteiger partial charge in [-0.15, -0.1) is 0 Å². The Morgan fingerprint density at radius 1 is 0.622 bits per heavy atom. The molecule has 4 rings (SSSR count). The largest absolute Gasteiger partial charge is 0.494 e. The zero-order valence-electron chi connectivity index (χ0n) is 22.5. The molecule has 2 aliphatic rings. The monoisotopic (exact) mass is 498 g/mol. The maximum Gasteiger partial charge on any atom is 0.123 e. The lowest BCUT2D eigenvalue weighted by Crippen LogP contribution is -2.26. The van der Waals surface area contributed by atoms with Crippen LogP contribution >= 0.6 is 0 Å². The van der Waals surface area contributed by atoms with E-state index in [0.717, 1.165) is 63.2 Å². The van der Waals surface area contributed by atoms with Crippen LogP contribution in [0.25, 0.3) is 0 Å². The van der Waals surface area contributed by atoms with Gasteiger partial charge < -0.3 is 14.2 Å². The molecular weight excluding hydrogens is 456 g/mol. The minimum atomic E-state index is -0.0316. The molecule has 0 N–H and O–H groups in total. The molecule has 0 saturated carbocycles. The van der Waals surface area contributed by atoms with E-state index < -0.39 is 0 Å². The summed E-state index contributed by atoms with van der Waals surface area (Å²) in [5.41, 5.74) is 2.50. The molecule has 3 heteroatoms. The quantitative estimate of drug-likeness (QED) is 0.245. The van der Waals surface area contributed by atoms with Crippen molar-refractivity contribution in [2.75, 3.05) is 26.4 Å². The molecule has 37 heavy (non-hydrogen) atoms. The first kappa shape index (κ1) is 27.0. The van der Waals surface area contributed by atoms with Crippen molar-refractivity contribution in [1.29, 1.82) is 0 Å². The summed E-state index contributed by atoms with van der Waals surface area (Å²) < 4.78 is 18.2. The van der Waals surface area contributed by atoms with Gasteiger partial charge in [-0.3, -0.25) is 0 Å². The minimum Gasteiger partial charge on any atom is -0.494 e. The topological polar surface area (TPSA) is 27.7 Å². The molecule has 0 heterocycles. The number of para-hydroxylation sites is 2. The van der Waals surface area contributed by atoms with E-state index in [-0.39, 0.29) is 10.8 Å². The Labute approximate surface area is 223 Å². The highest BCUT2D eigenvalue weighted by Gasteiger charge is 2.33. The van der Waals surface area contributed by atoms with Crippen LogP contribution in [0.3, 0.4) is 0 Å². The number of allylic oxidation sites excluding steroid dienone is 8. The van der Waals surface area contributed by atoms with E-state index in [2.05, 4.69) is 97.1 Å². The Kier molecular flexibility index (Phi) is 9.85. The summed E-state index contributed by atoms with van der Waals surface area (Å²) in [7, 11) is 0. The summed E-state index contributed by atoms with van der Waals surface area (Å²) in [5.74, 6) is 2.00. The third-order valence-electron chi connectivity index (χ3n) is 7.56. The first-order chi connectivity index (χ1) is 18.2. The average molecular weight is 499 g/mol. The third kappa shape index (κ3) is 6.64. The lowest BCUT2D eigenvalue weighted by molar-refractivity contribution is 0.119. The Bertz CT molecular complexity index is 1020. The Balaban J connectivity index is 1.32. The molecule has 0 saturated heterocycles. The molecule has 0 amide bonds. The number of hydrogen-bond acceptors (Lipinski definition) is 3. The number of hydrogen-bond donors (Lipinski definition) is 0. The van der Waals surface area contributed by atoms with Crippen LogP contribution in [0, 0.1) is 0 Å². The van der Waals surface area contributed by atoms with E-state index in [1.807, 2.05) is 13.8 Å². The van der Waals surface area contributed by atoms with Crippen LogP contribution in [0.4, 0.5) is 0 Å². The molecule has 0 fully saturated rings. The normalized spacial score (nSPS) is 22.3. The second-order valence-corrected chi connectivity index (χ2v) is 9.97. The summed E-state index contributed by atoms with van der Waals surface area (Å²) in [5, 5.41) is 0. The fraction of sp³-hybridized carbons (Fsp3) is 0.412. The first-order valence-corrected chi connectivity index (χ1v) is 13.9. The molecule has 0 aliphatic heterocycles. The van der Waals surface area contributed by atoms with Crippen LogP contribution in [0.5, 0.6) is 11.5 Å². The van der Waals surface area contributed by atoms with Crippen molar-refractivity contribution in [2.24, 2.45) is 0 Å². The molecule has 0 aromatic heterocycles. The maximum atomic E-state index is 6.19. The molecule has 2 aromatic carbocycles. The van der Waals surface area contributed by atoms with Crippen LogP contribution in [0.15, 0.2) is 97.1 Å². The smallest absolute Gasteiger partial charge is 0.123 e. The lowest BCUT2D eigenvalue weighted by atomic mass is 9.72. The zero-order valence-corrected chi connectivity index (χ0v) is 22.5. The fourth-order valence-corrected chi connectivity index (χ4v) is 5.77. The number of rotatable bonds is 14.